The van der Waals surface area contributed by atoms with Crippen molar-refractivity contribution in [2.75, 3.05) is 19.0 Å². The summed E-state index contributed by atoms with van der Waals surface area (Å²) in [5.41, 5.74) is 1.36. The maximum Gasteiger partial charge on any atom is 0.340 e. The molecule has 2 amide bonds. The second-order valence-corrected chi connectivity index (χ2v) is 5.37. The molecule has 0 saturated carbocycles. The van der Waals surface area contributed by atoms with Crippen LogP contribution in [-0.2, 0) is 20.9 Å². The van der Waals surface area contributed by atoms with E-state index in [4.69, 9.17) is 4.74 Å². The van der Waals surface area contributed by atoms with E-state index in [1.807, 2.05) is 30.3 Å². The summed E-state index contributed by atoms with van der Waals surface area (Å²) in [7, 11) is 1.55. The van der Waals surface area contributed by atoms with Gasteiger partial charge in [0.15, 0.2) is 0 Å². The number of esters is 1. The van der Waals surface area contributed by atoms with E-state index in [1.165, 1.54) is 11.0 Å². The first kappa shape index (κ1) is 18.2. The smallest absolute Gasteiger partial charge is 0.340 e. The lowest BCUT2D eigenvalue weighted by Gasteiger charge is -2.17. The summed E-state index contributed by atoms with van der Waals surface area (Å²) in [5.74, 6) is -2.05. The fourth-order valence-electron chi connectivity index (χ4n) is 2.26. The summed E-state index contributed by atoms with van der Waals surface area (Å²) >= 11 is 0. The van der Waals surface area contributed by atoms with E-state index < -0.39 is 17.8 Å². The van der Waals surface area contributed by atoms with E-state index in [0.29, 0.717) is 6.54 Å². The van der Waals surface area contributed by atoms with Crippen molar-refractivity contribution in [2.24, 2.45) is 0 Å². The molecule has 0 aromatic heterocycles. The molecule has 0 spiro atoms. The zero-order valence-corrected chi connectivity index (χ0v) is 14.2. The van der Waals surface area contributed by atoms with Crippen LogP contribution in [0.3, 0.4) is 0 Å². The van der Waals surface area contributed by atoms with Gasteiger partial charge in [0.1, 0.15) is 0 Å². The van der Waals surface area contributed by atoms with Crippen LogP contribution in [0.2, 0.25) is 0 Å². The minimum absolute atomic E-state index is 0.205. The van der Waals surface area contributed by atoms with Gasteiger partial charge in [0.05, 0.1) is 17.9 Å². The second kappa shape index (κ2) is 8.63. The van der Waals surface area contributed by atoms with Crippen molar-refractivity contribution in [3.8, 4) is 0 Å². The number of carbonyl (C=O) groups excluding carboxylic acids is 3. The van der Waals surface area contributed by atoms with Crippen LogP contribution >= 0.6 is 0 Å². The summed E-state index contributed by atoms with van der Waals surface area (Å²) < 4.78 is 4.95. The number of ether oxygens (including phenoxy) is 1. The molecule has 130 valence electrons. The van der Waals surface area contributed by atoms with Crippen LogP contribution in [0.15, 0.2) is 54.6 Å². The molecule has 0 fully saturated rings. The topological polar surface area (TPSA) is 75.7 Å². The Hall–Kier alpha value is -3.15. The average molecular weight is 340 g/mol. The van der Waals surface area contributed by atoms with Gasteiger partial charge in [-0.3, -0.25) is 9.59 Å². The zero-order valence-electron chi connectivity index (χ0n) is 14.2. The van der Waals surface area contributed by atoms with E-state index in [1.54, 1.807) is 32.2 Å². The number of hydrogen-bond donors (Lipinski definition) is 1. The molecule has 6 nitrogen and oxygen atoms in total. The van der Waals surface area contributed by atoms with Crippen molar-refractivity contribution in [3.05, 3.63) is 65.7 Å². The van der Waals surface area contributed by atoms with E-state index >= 15 is 0 Å². The number of benzene rings is 2. The number of carbonyl (C=O) groups is 3. The molecule has 0 aliphatic rings. The van der Waals surface area contributed by atoms with Crippen LogP contribution in [0.4, 0.5) is 5.69 Å². The number of hydrogen-bond acceptors (Lipinski definition) is 4. The highest BCUT2D eigenvalue weighted by molar-refractivity contribution is 6.39. The van der Waals surface area contributed by atoms with E-state index in [0.717, 1.165) is 5.56 Å². The summed E-state index contributed by atoms with van der Waals surface area (Å²) in [4.78, 5) is 37.7. The van der Waals surface area contributed by atoms with Crippen molar-refractivity contribution in [1.29, 1.82) is 0 Å². The number of rotatable bonds is 5. The molecule has 0 aliphatic heterocycles. The lowest BCUT2D eigenvalue weighted by molar-refractivity contribution is -0.142. The third-order valence-electron chi connectivity index (χ3n) is 3.47. The number of para-hydroxylation sites is 1. The minimum Gasteiger partial charge on any atom is -0.462 e. The molecule has 2 aromatic carbocycles. The molecule has 0 aliphatic carbocycles. The van der Waals surface area contributed by atoms with Gasteiger partial charge >= 0.3 is 17.8 Å². The number of likely N-dealkylation sites (N-methyl/N-ethyl adjacent to an activating group) is 1. The Balaban J connectivity index is 2.06. The van der Waals surface area contributed by atoms with Crippen LogP contribution in [-0.4, -0.2) is 36.3 Å². The molecule has 2 aromatic rings. The molecule has 1 N–H and O–H groups in total. The third-order valence-corrected chi connectivity index (χ3v) is 3.47. The molecule has 0 atom stereocenters. The van der Waals surface area contributed by atoms with Gasteiger partial charge in [0.25, 0.3) is 0 Å². The monoisotopic (exact) mass is 340 g/mol. The van der Waals surface area contributed by atoms with Crippen LogP contribution in [0, 0.1) is 0 Å². The third kappa shape index (κ3) is 4.91. The maximum atomic E-state index is 12.3. The largest absolute Gasteiger partial charge is 0.462 e. The molecule has 0 saturated heterocycles. The highest BCUT2D eigenvalue weighted by Gasteiger charge is 2.21. The first-order valence-corrected chi connectivity index (χ1v) is 7.89. The Bertz CT molecular complexity index is 759. The van der Waals surface area contributed by atoms with Crippen molar-refractivity contribution in [2.45, 2.75) is 13.5 Å². The molecular formula is C19H20N2O4. The second-order valence-electron chi connectivity index (χ2n) is 5.37. The molecule has 0 bridgehead atoms. The number of amides is 2. The molecule has 6 heteroatoms. The first-order valence-electron chi connectivity index (χ1n) is 7.89. The Morgan fingerprint density at radius 2 is 1.64 bits per heavy atom. The van der Waals surface area contributed by atoms with Crippen molar-refractivity contribution >= 4 is 23.5 Å². The number of nitrogens with zero attached hydrogens (tertiary/aromatic N) is 1. The van der Waals surface area contributed by atoms with Crippen LogP contribution in [0.5, 0.6) is 0 Å². The summed E-state index contributed by atoms with van der Waals surface area (Å²) in [6.45, 7) is 2.23. The zero-order chi connectivity index (χ0) is 18.2. The van der Waals surface area contributed by atoms with Gasteiger partial charge in [-0.05, 0) is 24.6 Å². The molecule has 0 unspecified atom stereocenters. The number of nitrogens with one attached hydrogen (secondary N) is 1. The highest BCUT2D eigenvalue weighted by Crippen LogP contribution is 2.16. The summed E-state index contributed by atoms with van der Waals surface area (Å²) in [6, 6.07) is 15.8. The maximum absolute atomic E-state index is 12.3. The van der Waals surface area contributed by atoms with Crippen molar-refractivity contribution in [1.82, 2.24) is 4.90 Å². The van der Waals surface area contributed by atoms with Gasteiger partial charge in [-0.15, -0.1) is 0 Å². The quantitative estimate of drug-likeness (QED) is 0.670. The van der Waals surface area contributed by atoms with Gasteiger partial charge in [-0.2, -0.15) is 0 Å². The van der Waals surface area contributed by atoms with Gasteiger partial charge in [0.2, 0.25) is 0 Å². The van der Waals surface area contributed by atoms with Crippen LogP contribution < -0.4 is 5.32 Å². The minimum atomic E-state index is -0.810. The average Bonchev–Trinajstić information content (AvgIpc) is 2.62. The Kier molecular flexibility index (Phi) is 6.28. The SMILES string of the molecule is CCOC(=O)c1ccccc1NC(=O)C(=O)N(C)Cc1ccccc1. The van der Waals surface area contributed by atoms with Gasteiger partial charge < -0.3 is 15.0 Å². The Morgan fingerprint density at radius 3 is 2.32 bits per heavy atom. The van der Waals surface area contributed by atoms with Crippen molar-refractivity contribution in [3.63, 3.8) is 0 Å². The van der Waals surface area contributed by atoms with Crippen molar-refractivity contribution < 1.29 is 19.1 Å². The molecule has 0 heterocycles. The lowest BCUT2D eigenvalue weighted by Crippen LogP contribution is -2.37. The fourth-order valence-corrected chi connectivity index (χ4v) is 2.26. The predicted molar refractivity (Wildman–Crippen MR) is 93.9 cm³/mol. The van der Waals surface area contributed by atoms with Gasteiger partial charge in [0, 0.05) is 13.6 Å². The summed E-state index contributed by atoms with van der Waals surface area (Å²) in [5, 5.41) is 2.49. The van der Waals surface area contributed by atoms with Crippen LogP contribution in [0.1, 0.15) is 22.8 Å². The fraction of sp³-hybridized carbons (Fsp3) is 0.211. The Labute approximate surface area is 146 Å². The highest BCUT2D eigenvalue weighted by atomic mass is 16.5. The Morgan fingerprint density at radius 1 is 1.00 bits per heavy atom. The van der Waals surface area contributed by atoms with Gasteiger partial charge in [-0.25, -0.2) is 4.79 Å². The predicted octanol–water partition coefficient (Wildman–Crippen LogP) is 2.46. The number of anilines is 1. The molecule has 2 rings (SSSR count). The van der Waals surface area contributed by atoms with E-state index in [2.05, 4.69) is 5.32 Å². The normalized spacial score (nSPS) is 10.0. The lowest BCUT2D eigenvalue weighted by atomic mass is 10.1. The van der Waals surface area contributed by atoms with E-state index in [9.17, 15) is 14.4 Å². The summed E-state index contributed by atoms with van der Waals surface area (Å²) in [6.07, 6.45) is 0. The molecule has 25 heavy (non-hydrogen) atoms. The first-order chi connectivity index (χ1) is 12.0. The van der Waals surface area contributed by atoms with Crippen LogP contribution in [0.25, 0.3) is 0 Å². The standard InChI is InChI=1S/C19H20N2O4/c1-3-25-19(24)15-11-7-8-12-16(15)20-17(22)18(23)21(2)13-14-9-5-4-6-10-14/h4-12H,3,13H2,1-2H3,(H,20,22). The molecular weight excluding hydrogens is 320 g/mol. The van der Waals surface area contributed by atoms with E-state index in [-0.39, 0.29) is 17.9 Å². The molecule has 0 radical (unpaired) electrons. The van der Waals surface area contributed by atoms with Gasteiger partial charge in [-0.1, -0.05) is 42.5 Å².